The number of ether oxygens (including phenoxy) is 1. The van der Waals surface area contributed by atoms with Crippen LogP contribution in [0.3, 0.4) is 0 Å². The van der Waals surface area contributed by atoms with Crippen LogP contribution in [0.5, 0.6) is 0 Å². The number of nitrogens with zero attached hydrogens (tertiary/aromatic N) is 2. The van der Waals surface area contributed by atoms with Gasteiger partial charge in [0.05, 0.1) is 5.92 Å². The Morgan fingerprint density at radius 2 is 1.75 bits per heavy atom. The van der Waals surface area contributed by atoms with E-state index in [0.717, 1.165) is 11.3 Å². The van der Waals surface area contributed by atoms with Crippen molar-refractivity contribution in [2.24, 2.45) is 5.92 Å². The molecular formula is C18H26N2O4. The third kappa shape index (κ3) is 4.19. The Bertz CT molecular complexity index is 604. The molecule has 1 aliphatic heterocycles. The summed E-state index contributed by atoms with van der Waals surface area (Å²) in [5.41, 5.74) is 1.38. The van der Waals surface area contributed by atoms with Gasteiger partial charge in [0.15, 0.2) is 0 Å². The highest BCUT2D eigenvalue weighted by Gasteiger charge is 2.41. The lowest BCUT2D eigenvalue weighted by Crippen LogP contribution is -2.35. The number of aliphatic carboxylic acids is 1. The van der Waals surface area contributed by atoms with Crippen LogP contribution < -0.4 is 4.90 Å². The van der Waals surface area contributed by atoms with Crippen molar-refractivity contribution >= 4 is 17.7 Å². The second kappa shape index (κ2) is 6.71. The van der Waals surface area contributed by atoms with Gasteiger partial charge in [-0.15, -0.1) is 0 Å². The minimum Gasteiger partial charge on any atom is -0.481 e. The molecule has 6 heteroatoms. The zero-order valence-corrected chi connectivity index (χ0v) is 14.9. The molecule has 6 nitrogen and oxygen atoms in total. The molecule has 1 aliphatic rings. The molecule has 132 valence electrons. The number of benzene rings is 1. The number of likely N-dealkylation sites (tertiary alicyclic amines) is 1. The van der Waals surface area contributed by atoms with Gasteiger partial charge in [0.2, 0.25) is 0 Å². The molecular weight excluding hydrogens is 308 g/mol. The minimum absolute atomic E-state index is 0.171. The molecule has 0 spiro atoms. The van der Waals surface area contributed by atoms with E-state index < -0.39 is 23.6 Å². The summed E-state index contributed by atoms with van der Waals surface area (Å²) in [6.07, 6.45) is -0.457. The van der Waals surface area contributed by atoms with Gasteiger partial charge in [-0.2, -0.15) is 0 Å². The van der Waals surface area contributed by atoms with Crippen molar-refractivity contribution in [3.8, 4) is 0 Å². The van der Waals surface area contributed by atoms with Crippen molar-refractivity contribution in [3.63, 3.8) is 0 Å². The van der Waals surface area contributed by atoms with Crippen LogP contribution in [0.25, 0.3) is 0 Å². The largest absolute Gasteiger partial charge is 0.481 e. The lowest BCUT2D eigenvalue weighted by Gasteiger charge is -2.24. The maximum atomic E-state index is 12.3. The van der Waals surface area contributed by atoms with Crippen molar-refractivity contribution < 1.29 is 19.4 Å². The van der Waals surface area contributed by atoms with Crippen molar-refractivity contribution in [1.29, 1.82) is 0 Å². The standard InChI is InChI=1S/C18H26N2O4/c1-18(2,3)24-17(23)20-10-14(15(11-20)16(21)22)12-6-8-13(9-7-12)19(4)5/h6-9,14-15H,10-11H2,1-5H3,(H,21,22)/t14-,15+/m0/s1. The highest BCUT2D eigenvalue weighted by molar-refractivity contribution is 5.76. The monoisotopic (exact) mass is 334 g/mol. The van der Waals surface area contributed by atoms with E-state index >= 15 is 0 Å². The van der Waals surface area contributed by atoms with E-state index in [1.807, 2.05) is 43.3 Å². The molecule has 1 fully saturated rings. The number of hydrogen-bond acceptors (Lipinski definition) is 4. The third-order valence-corrected chi connectivity index (χ3v) is 4.13. The number of anilines is 1. The fourth-order valence-corrected chi connectivity index (χ4v) is 2.89. The molecule has 0 aromatic heterocycles. The molecule has 1 heterocycles. The average Bonchev–Trinajstić information content (AvgIpc) is 2.91. The minimum atomic E-state index is -0.886. The van der Waals surface area contributed by atoms with Crippen LogP contribution in [0.4, 0.5) is 10.5 Å². The molecule has 0 bridgehead atoms. The molecule has 1 aromatic carbocycles. The average molecular weight is 334 g/mol. The molecule has 0 saturated carbocycles. The van der Waals surface area contributed by atoms with Gasteiger partial charge in [-0.05, 0) is 38.5 Å². The van der Waals surface area contributed by atoms with Crippen molar-refractivity contribution in [2.75, 3.05) is 32.1 Å². The summed E-state index contributed by atoms with van der Waals surface area (Å²) in [7, 11) is 3.91. The zero-order valence-electron chi connectivity index (χ0n) is 14.9. The summed E-state index contributed by atoms with van der Waals surface area (Å²) in [6, 6.07) is 7.80. The van der Waals surface area contributed by atoms with Gasteiger partial charge in [0.1, 0.15) is 5.60 Å². The first-order chi connectivity index (χ1) is 11.1. The highest BCUT2D eigenvalue weighted by atomic mass is 16.6. The summed E-state index contributed by atoms with van der Waals surface area (Å²) in [5.74, 6) is -1.74. The number of amides is 1. The molecule has 24 heavy (non-hydrogen) atoms. The van der Waals surface area contributed by atoms with Gasteiger partial charge in [-0.3, -0.25) is 4.79 Å². The van der Waals surface area contributed by atoms with Gasteiger partial charge < -0.3 is 19.6 Å². The predicted octanol–water partition coefficient (Wildman–Crippen LogP) is 2.79. The van der Waals surface area contributed by atoms with Crippen LogP contribution >= 0.6 is 0 Å². The van der Waals surface area contributed by atoms with E-state index in [9.17, 15) is 14.7 Å². The summed E-state index contributed by atoms with van der Waals surface area (Å²) < 4.78 is 5.37. The van der Waals surface area contributed by atoms with Gasteiger partial charge in [0, 0.05) is 38.8 Å². The number of hydrogen-bond donors (Lipinski definition) is 1. The predicted molar refractivity (Wildman–Crippen MR) is 92.4 cm³/mol. The fourth-order valence-electron chi connectivity index (χ4n) is 2.89. The number of carbonyl (C=O) groups excluding carboxylic acids is 1. The van der Waals surface area contributed by atoms with E-state index in [-0.39, 0.29) is 12.5 Å². The molecule has 2 atom stereocenters. The van der Waals surface area contributed by atoms with E-state index in [1.165, 1.54) is 4.90 Å². The van der Waals surface area contributed by atoms with Gasteiger partial charge in [-0.25, -0.2) is 4.79 Å². The van der Waals surface area contributed by atoms with Crippen LogP contribution in [0, 0.1) is 5.92 Å². The molecule has 1 amide bonds. The first kappa shape index (κ1) is 18.1. The first-order valence-electron chi connectivity index (χ1n) is 8.06. The van der Waals surface area contributed by atoms with Gasteiger partial charge in [-0.1, -0.05) is 12.1 Å². The fraction of sp³-hybridized carbons (Fsp3) is 0.556. The van der Waals surface area contributed by atoms with E-state index in [4.69, 9.17) is 4.74 Å². The van der Waals surface area contributed by atoms with Crippen molar-refractivity contribution in [3.05, 3.63) is 29.8 Å². The Kier molecular flexibility index (Phi) is 5.06. The van der Waals surface area contributed by atoms with E-state index in [2.05, 4.69) is 0 Å². The van der Waals surface area contributed by atoms with Crippen molar-refractivity contribution in [2.45, 2.75) is 32.3 Å². The van der Waals surface area contributed by atoms with Crippen molar-refractivity contribution in [1.82, 2.24) is 4.90 Å². The Labute approximate surface area is 143 Å². The van der Waals surface area contributed by atoms with Crippen LogP contribution in [0.15, 0.2) is 24.3 Å². The normalized spacial score (nSPS) is 20.8. The van der Waals surface area contributed by atoms with Crippen LogP contribution in [-0.2, 0) is 9.53 Å². The van der Waals surface area contributed by atoms with E-state index in [0.29, 0.717) is 6.54 Å². The second-order valence-electron chi connectivity index (χ2n) is 7.42. The summed E-state index contributed by atoms with van der Waals surface area (Å²) >= 11 is 0. The molecule has 1 aromatic rings. The van der Waals surface area contributed by atoms with Gasteiger partial charge >= 0.3 is 12.1 Å². The number of carboxylic acid groups (broad SMARTS) is 1. The Balaban J connectivity index is 2.19. The van der Waals surface area contributed by atoms with Gasteiger partial charge in [0.25, 0.3) is 0 Å². The number of carboxylic acids is 1. The molecule has 2 rings (SSSR count). The maximum absolute atomic E-state index is 12.3. The van der Waals surface area contributed by atoms with Crippen LogP contribution in [0.2, 0.25) is 0 Å². The Hall–Kier alpha value is -2.24. The molecule has 1 saturated heterocycles. The molecule has 1 N–H and O–H groups in total. The molecule has 0 unspecified atom stereocenters. The Morgan fingerprint density at radius 3 is 2.21 bits per heavy atom. The molecule has 0 aliphatic carbocycles. The molecule has 0 radical (unpaired) electrons. The summed E-state index contributed by atoms with van der Waals surface area (Å²) in [6.45, 7) is 5.92. The van der Waals surface area contributed by atoms with Crippen LogP contribution in [-0.4, -0.2) is 54.9 Å². The second-order valence-corrected chi connectivity index (χ2v) is 7.42. The maximum Gasteiger partial charge on any atom is 0.410 e. The number of carbonyl (C=O) groups is 2. The smallest absolute Gasteiger partial charge is 0.410 e. The highest BCUT2D eigenvalue weighted by Crippen LogP contribution is 2.34. The SMILES string of the molecule is CN(C)c1ccc([C@@H]2CN(C(=O)OC(C)(C)C)C[C@H]2C(=O)O)cc1. The third-order valence-electron chi connectivity index (χ3n) is 4.13. The lowest BCUT2D eigenvalue weighted by molar-refractivity contribution is -0.141. The summed E-state index contributed by atoms with van der Waals surface area (Å²) in [4.78, 5) is 27.4. The first-order valence-corrected chi connectivity index (χ1v) is 8.06. The van der Waals surface area contributed by atoms with Crippen LogP contribution in [0.1, 0.15) is 32.3 Å². The quantitative estimate of drug-likeness (QED) is 0.920. The Morgan fingerprint density at radius 1 is 1.17 bits per heavy atom. The number of rotatable bonds is 3. The zero-order chi connectivity index (χ0) is 18.1. The van der Waals surface area contributed by atoms with E-state index in [1.54, 1.807) is 20.8 Å². The lowest BCUT2D eigenvalue weighted by atomic mass is 9.89. The topological polar surface area (TPSA) is 70.1 Å². The summed E-state index contributed by atoms with van der Waals surface area (Å²) in [5, 5.41) is 9.53.